The van der Waals surface area contributed by atoms with Crippen LogP contribution in [0, 0.1) is 11.6 Å². The van der Waals surface area contributed by atoms with Crippen LogP contribution in [-0.4, -0.2) is 10.9 Å². The third-order valence-corrected chi connectivity index (χ3v) is 3.87. The van der Waals surface area contributed by atoms with Gasteiger partial charge in [-0.05, 0) is 36.4 Å². The molecule has 2 rings (SSSR count). The summed E-state index contributed by atoms with van der Waals surface area (Å²) in [6.45, 7) is 0. The van der Waals surface area contributed by atoms with Gasteiger partial charge in [0.1, 0.15) is 11.6 Å². The maximum Gasteiger partial charge on any atom is 0.130 e. The van der Waals surface area contributed by atoms with Gasteiger partial charge in [0.2, 0.25) is 0 Å². The van der Waals surface area contributed by atoms with Crippen molar-refractivity contribution in [2.24, 2.45) is 0 Å². The Kier molecular flexibility index (Phi) is 4.80. The zero-order valence-electron chi connectivity index (χ0n) is 9.82. The lowest BCUT2D eigenvalue weighted by molar-refractivity contribution is 0.199. The molecule has 1 N–H and O–H groups in total. The first-order valence-electron chi connectivity index (χ1n) is 5.57. The Labute approximate surface area is 119 Å². The molecule has 5 heteroatoms. The predicted molar refractivity (Wildman–Crippen MR) is 73.5 cm³/mol. The predicted octanol–water partition coefficient (Wildman–Crippen LogP) is 4.44. The van der Waals surface area contributed by atoms with Gasteiger partial charge in [0.05, 0.1) is 6.10 Å². The highest BCUT2D eigenvalue weighted by molar-refractivity contribution is 7.99. The summed E-state index contributed by atoms with van der Waals surface area (Å²) in [5.41, 5.74) is 0.207. The van der Waals surface area contributed by atoms with E-state index in [1.54, 1.807) is 12.1 Å². The smallest absolute Gasteiger partial charge is 0.130 e. The summed E-state index contributed by atoms with van der Waals surface area (Å²) in [6.07, 6.45) is -0.938. The SMILES string of the molecule is OC(CSc1ccc(F)cc1)c1ccc(Cl)cc1F. The van der Waals surface area contributed by atoms with Gasteiger partial charge >= 0.3 is 0 Å². The zero-order valence-corrected chi connectivity index (χ0v) is 11.4. The Morgan fingerprint density at radius 1 is 1.11 bits per heavy atom. The van der Waals surface area contributed by atoms with E-state index in [9.17, 15) is 13.9 Å². The number of aliphatic hydroxyl groups is 1. The first kappa shape index (κ1) is 14.3. The third kappa shape index (κ3) is 3.93. The van der Waals surface area contributed by atoms with E-state index >= 15 is 0 Å². The maximum atomic E-state index is 13.6. The molecule has 0 aliphatic heterocycles. The largest absolute Gasteiger partial charge is 0.387 e. The van der Waals surface area contributed by atoms with Gasteiger partial charge in [0, 0.05) is 21.2 Å². The molecule has 0 aliphatic carbocycles. The number of thioether (sulfide) groups is 1. The molecule has 1 unspecified atom stereocenters. The third-order valence-electron chi connectivity index (χ3n) is 2.54. The van der Waals surface area contributed by atoms with Crippen molar-refractivity contribution in [3.05, 3.63) is 64.7 Å². The number of hydrogen-bond acceptors (Lipinski definition) is 2. The van der Waals surface area contributed by atoms with E-state index in [0.717, 1.165) is 4.90 Å². The second-order valence-corrected chi connectivity index (χ2v) is 5.48. The fourth-order valence-corrected chi connectivity index (χ4v) is 2.58. The molecule has 0 heterocycles. The second-order valence-electron chi connectivity index (χ2n) is 3.95. The normalized spacial score (nSPS) is 12.4. The molecule has 0 amide bonds. The van der Waals surface area contributed by atoms with Gasteiger partial charge in [0.15, 0.2) is 0 Å². The summed E-state index contributed by atoms with van der Waals surface area (Å²) in [4.78, 5) is 0.815. The van der Waals surface area contributed by atoms with Crippen molar-refractivity contribution in [2.45, 2.75) is 11.0 Å². The van der Waals surface area contributed by atoms with E-state index < -0.39 is 11.9 Å². The molecule has 0 bridgehead atoms. The van der Waals surface area contributed by atoms with Gasteiger partial charge in [-0.2, -0.15) is 0 Å². The molecule has 0 spiro atoms. The number of aliphatic hydroxyl groups excluding tert-OH is 1. The Balaban J connectivity index is 2.01. The molecule has 0 radical (unpaired) electrons. The highest BCUT2D eigenvalue weighted by Crippen LogP contribution is 2.27. The molecule has 0 saturated heterocycles. The molecular formula is C14H11ClF2OS. The Bertz CT molecular complexity index is 560. The second kappa shape index (κ2) is 6.37. The molecule has 100 valence electrons. The minimum absolute atomic E-state index is 0.207. The van der Waals surface area contributed by atoms with Crippen LogP contribution in [0.5, 0.6) is 0 Å². The summed E-state index contributed by atoms with van der Waals surface area (Å²) in [5, 5.41) is 10.2. The van der Waals surface area contributed by atoms with Gasteiger partial charge in [-0.1, -0.05) is 17.7 Å². The van der Waals surface area contributed by atoms with Crippen molar-refractivity contribution in [1.82, 2.24) is 0 Å². The van der Waals surface area contributed by atoms with Crippen molar-refractivity contribution in [3.63, 3.8) is 0 Å². The number of benzene rings is 2. The van der Waals surface area contributed by atoms with Crippen molar-refractivity contribution in [1.29, 1.82) is 0 Å². The summed E-state index contributed by atoms with van der Waals surface area (Å²) in [7, 11) is 0. The first-order chi connectivity index (χ1) is 9.06. The van der Waals surface area contributed by atoms with Crippen molar-refractivity contribution >= 4 is 23.4 Å². The molecule has 0 aromatic heterocycles. The van der Waals surface area contributed by atoms with E-state index in [-0.39, 0.29) is 17.1 Å². The standard InChI is InChI=1S/C14H11ClF2OS/c15-9-1-6-12(13(17)7-9)14(18)8-19-11-4-2-10(16)3-5-11/h1-7,14,18H,8H2. The van der Waals surface area contributed by atoms with Crippen LogP contribution in [0.4, 0.5) is 8.78 Å². The maximum absolute atomic E-state index is 13.6. The molecular weight excluding hydrogens is 290 g/mol. The minimum Gasteiger partial charge on any atom is -0.387 e. The van der Waals surface area contributed by atoms with Gasteiger partial charge < -0.3 is 5.11 Å². The van der Waals surface area contributed by atoms with Crippen molar-refractivity contribution in [2.75, 3.05) is 5.75 Å². The lowest BCUT2D eigenvalue weighted by Crippen LogP contribution is -2.03. The average Bonchev–Trinajstić information content (AvgIpc) is 2.37. The fourth-order valence-electron chi connectivity index (χ4n) is 1.57. The molecule has 1 nitrogen and oxygen atoms in total. The molecule has 19 heavy (non-hydrogen) atoms. The van der Waals surface area contributed by atoms with Crippen molar-refractivity contribution in [3.8, 4) is 0 Å². The number of halogens is 3. The van der Waals surface area contributed by atoms with Gasteiger partial charge in [-0.25, -0.2) is 8.78 Å². The highest BCUT2D eigenvalue weighted by atomic mass is 35.5. The van der Waals surface area contributed by atoms with Crippen LogP contribution in [0.2, 0.25) is 5.02 Å². The number of rotatable bonds is 4. The van der Waals surface area contributed by atoms with Crippen LogP contribution < -0.4 is 0 Å². The zero-order chi connectivity index (χ0) is 13.8. The molecule has 1 atom stereocenters. The lowest BCUT2D eigenvalue weighted by Gasteiger charge is -2.11. The molecule has 2 aromatic rings. The van der Waals surface area contributed by atoms with Crippen LogP contribution in [0.1, 0.15) is 11.7 Å². The summed E-state index contributed by atoms with van der Waals surface area (Å²) in [6, 6.07) is 10.1. The Hall–Kier alpha value is -1.10. The monoisotopic (exact) mass is 300 g/mol. The topological polar surface area (TPSA) is 20.2 Å². The molecule has 0 aliphatic rings. The van der Waals surface area contributed by atoms with E-state index in [1.165, 1.54) is 42.1 Å². The van der Waals surface area contributed by atoms with Crippen LogP contribution in [-0.2, 0) is 0 Å². The fraction of sp³-hybridized carbons (Fsp3) is 0.143. The summed E-state index contributed by atoms with van der Waals surface area (Å²) < 4.78 is 26.3. The molecule has 2 aromatic carbocycles. The quantitative estimate of drug-likeness (QED) is 0.842. The Morgan fingerprint density at radius 2 is 1.79 bits per heavy atom. The van der Waals surface area contributed by atoms with Crippen LogP contribution in [0.15, 0.2) is 47.4 Å². The van der Waals surface area contributed by atoms with Gasteiger partial charge in [-0.15, -0.1) is 11.8 Å². The summed E-state index contributed by atoms with van der Waals surface area (Å²) >= 11 is 6.98. The van der Waals surface area contributed by atoms with Crippen LogP contribution in [0.25, 0.3) is 0 Å². The minimum atomic E-state index is -0.938. The Morgan fingerprint density at radius 3 is 2.42 bits per heavy atom. The first-order valence-corrected chi connectivity index (χ1v) is 6.94. The van der Waals surface area contributed by atoms with E-state index in [4.69, 9.17) is 11.6 Å². The molecule has 0 fully saturated rings. The molecule has 0 saturated carbocycles. The van der Waals surface area contributed by atoms with E-state index in [1.807, 2.05) is 0 Å². The van der Waals surface area contributed by atoms with Gasteiger partial charge in [-0.3, -0.25) is 0 Å². The number of hydrogen-bond donors (Lipinski definition) is 1. The highest BCUT2D eigenvalue weighted by Gasteiger charge is 2.13. The van der Waals surface area contributed by atoms with Crippen LogP contribution in [0.3, 0.4) is 0 Å². The van der Waals surface area contributed by atoms with Crippen LogP contribution >= 0.6 is 23.4 Å². The lowest BCUT2D eigenvalue weighted by atomic mass is 10.1. The van der Waals surface area contributed by atoms with Crippen molar-refractivity contribution < 1.29 is 13.9 Å². The van der Waals surface area contributed by atoms with E-state index in [0.29, 0.717) is 5.02 Å². The summed E-state index contributed by atoms with van der Waals surface area (Å²) in [5.74, 6) is -0.558. The average molecular weight is 301 g/mol. The van der Waals surface area contributed by atoms with Gasteiger partial charge in [0.25, 0.3) is 0 Å². The van der Waals surface area contributed by atoms with E-state index in [2.05, 4.69) is 0 Å².